The molecule has 0 spiro atoms. The average molecular weight is 883 g/mol. The molecule has 0 saturated carbocycles. The van der Waals surface area contributed by atoms with Gasteiger partial charge in [-0.2, -0.15) is 7.77 Å². The maximum absolute atomic E-state index is 10.2. The van der Waals surface area contributed by atoms with Crippen LogP contribution in [0, 0.1) is 6.65 Å². The van der Waals surface area contributed by atoms with Gasteiger partial charge in [-0.15, -0.1) is 0 Å². The molecule has 0 radical (unpaired) electrons. The molecule has 47 heavy (non-hydrogen) atoms. The Morgan fingerprint density at radius 3 is 0.660 bits per heavy atom. The van der Waals surface area contributed by atoms with Crippen molar-refractivity contribution in [3.8, 4) is 0 Å². The van der Waals surface area contributed by atoms with Crippen LogP contribution in [-0.4, -0.2) is 0 Å². The quantitative estimate of drug-likeness (QED) is 0.0911. The third-order valence-electron chi connectivity index (χ3n) is 6.09. The monoisotopic (exact) mass is 883 g/mol. The molecule has 242 valence electrons. The number of hydrogen-bond acceptors (Lipinski definition) is 0. The molecule has 0 atom stereocenters. The van der Waals surface area contributed by atoms with E-state index in [0.717, 1.165) is 0 Å². The van der Waals surface area contributed by atoms with Gasteiger partial charge in [0.25, 0.3) is 0 Å². The Kier molecular flexibility index (Phi) is 21.2. The van der Waals surface area contributed by atoms with E-state index in [4.69, 9.17) is 9.43 Å². The molecule has 0 bridgehead atoms. The molecule has 0 saturated heterocycles. The van der Waals surface area contributed by atoms with Crippen LogP contribution in [-0.2, 0) is 33.3 Å². The molecule has 10 heteroatoms. The minimum Gasteiger partial charge on any atom is -0.722 e. The summed E-state index contributed by atoms with van der Waals surface area (Å²) in [6.45, 7) is 4.50. The minimum absolute atomic E-state index is 0.446. The Labute approximate surface area is 293 Å². The Hall–Kier alpha value is -3.20. The standard InChI is InChI=1S/2C18H15P.CO.ClH.F2NS.FH.Ir/c2*1-4-10-16(11-5-1)19(17-12-6-2-7-13-17)18-14-8-3-9-15-18;1-2;;1-4(2)3;;/h2*1-15H;;1H;;1H;/q;;;;-1;;+3/p-2. The normalized spacial score (nSPS) is 9.81. The summed E-state index contributed by atoms with van der Waals surface area (Å²) in [6, 6.07) is 64.7. The van der Waals surface area contributed by atoms with Crippen molar-refractivity contribution in [2.24, 2.45) is 0 Å². The summed E-state index contributed by atoms with van der Waals surface area (Å²) in [5.41, 5.74) is 0. The number of hydrogen-bond donors (Lipinski definition) is 0. The molecule has 6 aromatic rings. The Morgan fingerprint density at radius 1 is 0.447 bits per heavy atom. The summed E-state index contributed by atoms with van der Waals surface area (Å²) in [5.74, 6) is 0. The molecule has 0 heterocycles. The fourth-order valence-electron chi connectivity index (χ4n) is 4.36. The van der Waals surface area contributed by atoms with Crippen LogP contribution in [0.25, 0.3) is 4.78 Å². The smallest absolute Gasteiger partial charge is 0.0489 e. The van der Waals surface area contributed by atoms with Crippen molar-refractivity contribution in [1.29, 1.82) is 0 Å². The van der Waals surface area contributed by atoms with Gasteiger partial charge in [-0.3, -0.25) is 0 Å². The SMILES string of the molecule is [C-]#[O+].[F][Ir+][Cl].[N-]=S(F)F.c1ccc(P(c2ccccc2)c2ccccc2)cc1.c1ccc(P(c2ccccc2)c2ccccc2)cc1. The van der Waals surface area contributed by atoms with Gasteiger partial charge in [0.15, 0.2) is 0 Å². The first-order valence-electron chi connectivity index (χ1n) is 13.8. The van der Waals surface area contributed by atoms with Crippen LogP contribution in [0.15, 0.2) is 182 Å². The van der Waals surface area contributed by atoms with E-state index >= 15 is 0 Å². The van der Waals surface area contributed by atoms with E-state index in [1.54, 1.807) is 0 Å². The minimum atomic E-state index is -3.36. The maximum atomic E-state index is 10.2. The maximum Gasteiger partial charge on any atom is 0.0489 e. The van der Waals surface area contributed by atoms with Gasteiger partial charge in [0.05, 0.1) is 0 Å². The van der Waals surface area contributed by atoms with Gasteiger partial charge in [-0.05, 0) is 47.7 Å². The molecule has 0 aliphatic rings. The van der Waals surface area contributed by atoms with Gasteiger partial charge in [0.2, 0.25) is 0 Å². The van der Waals surface area contributed by atoms with Crippen molar-refractivity contribution in [2.45, 2.75) is 0 Å². The van der Waals surface area contributed by atoms with Crippen LogP contribution in [0.3, 0.4) is 0 Å². The molecular formula is C37H30ClF3IrNOP2S. The van der Waals surface area contributed by atoms with E-state index in [0.29, 0.717) is 0 Å². The van der Waals surface area contributed by atoms with Crippen molar-refractivity contribution in [3.05, 3.63) is 193 Å². The van der Waals surface area contributed by atoms with Crippen LogP contribution in [0.5, 0.6) is 0 Å². The molecule has 0 fully saturated rings. The van der Waals surface area contributed by atoms with Gasteiger partial charge in [0.1, 0.15) is 0 Å². The van der Waals surface area contributed by atoms with Gasteiger partial charge >= 0.3 is 41.3 Å². The second-order valence-corrected chi connectivity index (χ2v) is 14.9. The van der Waals surface area contributed by atoms with Crippen LogP contribution < -0.4 is 31.8 Å². The second-order valence-electron chi connectivity index (χ2n) is 8.93. The van der Waals surface area contributed by atoms with Crippen molar-refractivity contribution in [2.75, 3.05) is 0 Å². The number of rotatable bonds is 6. The van der Waals surface area contributed by atoms with Crippen LogP contribution >= 0.6 is 25.4 Å². The van der Waals surface area contributed by atoms with Crippen LogP contribution in [0.1, 0.15) is 0 Å². The summed E-state index contributed by atoms with van der Waals surface area (Å²) in [7, 11) is 3.56. The molecule has 6 rings (SSSR count). The number of halogens is 4. The molecule has 0 aromatic heterocycles. The van der Waals surface area contributed by atoms with Crippen molar-refractivity contribution in [3.63, 3.8) is 0 Å². The molecular weight excluding hydrogens is 853 g/mol. The van der Waals surface area contributed by atoms with Gasteiger partial charge in [0, 0.05) is 11.5 Å². The van der Waals surface area contributed by atoms with E-state index < -0.39 is 44.5 Å². The van der Waals surface area contributed by atoms with Crippen molar-refractivity contribution < 1.29 is 32.9 Å². The predicted molar refractivity (Wildman–Crippen MR) is 194 cm³/mol. The van der Waals surface area contributed by atoms with E-state index in [-0.39, 0.29) is 0 Å². The summed E-state index contributed by atoms with van der Waals surface area (Å²) < 4.78 is 44.3. The first-order chi connectivity index (χ1) is 23.0. The molecule has 0 aliphatic heterocycles. The Bertz CT molecular complexity index is 1370. The molecule has 6 aromatic carbocycles. The molecule has 0 amide bonds. The topological polar surface area (TPSA) is 42.2 Å². The zero-order chi connectivity index (χ0) is 34.1. The fourth-order valence-corrected chi connectivity index (χ4v) is 8.97. The zero-order valence-electron chi connectivity index (χ0n) is 24.8. The van der Waals surface area contributed by atoms with Gasteiger partial charge in [-0.1, -0.05) is 182 Å². The van der Waals surface area contributed by atoms with Crippen LogP contribution in [0.2, 0.25) is 0 Å². The van der Waals surface area contributed by atoms with Gasteiger partial charge < -0.3 is 4.78 Å². The summed E-state index contributed by atoms with van der Waals surface area (Å²) in [6.07, 6.45) is 0. The number of nitrogens with zero attached hydrogens (tertiary/aromatic N) is 1. The molecule has 0 unspecified atom stereocenters. The second kappa shape index (κ2) is 24.9. The first kappa shape index (κ1) is 40.0. The van der Waals surface area contributed by atoms with Crippen molar-refractivity contribution in [1.82, 2.24) is 0 Å². The Balaban J connectivity index is 0.000000262. The zero-order valence-corrected chi connectivity index (χ0v) is 30.6. The van der Waals surface area contributed by atoms with Crippen LogP contribution in [0.4, 0.5) is 11.0 Å². The van der Waals surface area contributed by atoms with Gasteiger partial charge in [-0.25, -0.2) is 0 Å². The third-order valence-corrected chi connectivity index (χ3v) is 11.0. The summed E-state index contributed by atoms with van der Waals surface area (Å²) in [5, 5.41) is 8.39. The third kappa shape index (κ3) is 15.1. The van der Waals surface area contributed by atoms with E-state index in [2.05, 4.69) is 198 Å². The average Bonchev–Trinajstić information content (AvgIpc) is 3.13. The van der Waals surface area contributed by atoms with E-state index in [9.17, 15) is 11.0 Å². The first-order valence-corrected chi connectivity index (χ1v) is 21.3. The summed E-state index contributed by atoms with van der Waals surface area (Å²) in [4.78, 5) is 0. The Morgan fingerprint density at radius 2 is 0.553 bits per heavy atom. The van der Waals surface area contributed by atoms with Crippen molar-refractivity contribution >= 4 is 68.7 Å². The summed E-state index contributed by atoms with van der Waals surface area (Å²) >= 11 is -4.89. The molecule has 2 nitrogen and oxygen atoms in total. The predicted octanol–water partition coefficient (Wildman–Crippen LogP) is 9.09. The van der Waals surface area contributed by atoms with E-state index in [1.807, 2.05) is 0 Å². The van der Waals surface area contributed by atoms with E-state index in [1.165, 1.54) is 31.8 Å². The molecule has 0 N–H and O–H groups in total. The number of benzene rings is 6. The largest absolute Gasteiger partial charge is 0.722 e. The fraction of sp³-hybridized carbons (Fsp3) is 0. The molecule has 0 aliphatic carbocycles.